The fraction of sp³-hybridized carbons (Fsp3) is 0.208. The molecule has 1 amide bonds. The van der Waals surface area contributed by atoms with E-state index in [1.54, 1.807) is 7.11 Å². The molecule has 142 valence electrons. The molecule has 2 unspecified atom stereocenters. The Morgan fingerprint density at radius 2 is 1.68 bits per heavy atom. The zero-order chi connectivity index (χ0) is 19.7. The third-order valence-corrected chi connectivity index (χ3v) is 5.19. The molecule has 4 heteroatoms. The Morgan fingerprint density at radius 3 is 2.46 bits per heavy atom. The molecule has 28 heavy (non-hydrogen) atoms. The molecule has 1 heterocycles. The van der Waals surface area contributed by atoms with Gasteiger partial charge in [0.1, 0.15) is 17.1 Å². The first kappa shape index (κ1) is 18.1. The number of furan rings is 1. The second-order valence-corrected chi connectivity index (χ2v) is 7.11. The fourth-order valence-corrected chi connectivity index (χ4v) is 3.42. The lowest BCUT2D eigenvalue weighted by Crippen LogP contribution is -2.30. The summed E-state index contributed by atoms with van der Waals surface area (Å²) in [5, 5.41) is 6.28. The molecule has 0 aliphatic carbocycles. The van der Waals surface area contributed by atoms with Gasteiger partial charge in [-0.3, -0.25) is 4.79 Å². The van der Waals surface area contributed by atoms with Crippen LogP contribution in [0.5, 0.6) is 5.75 Å². The minimum absolute atomic E-state index is 0.0270. The molecule has 0 aliphatic rings. The van der Waals surface area contributed by atoms with E-state index in [1.807, 2.05) is 74.5 Å². The normalized spacial score (nSPS) is 13.4. The maximum Gasteiger partial charge on any atom is 0.227 e. The zero-order valence-electron chi connectivity index (χ0n) is 16.2. The van der Waals surface area contributed by atoms with Crippen molar-refractivity contribution < 1.29 is 13.9 Å². The summed E-state index contributed by atoms with van der Waals surface area (Å²) >= 11 is 0. The van der Waals surface area contributed by atoms with Gasteiger partial charge in [-0.25, -0.2) is 0 Å². The summed E-state index contributed by atoms with van der Waals surface area (Å²) in [6.07, 6.45) is 0. The Morgan fingerprint density at radius 1 is 0.929 bits per heavy atom. The predicted molar refractivity (Wildman–Crippen MR) is 112 cm³/mol. The molecule has 0 saturated carbocycles. The molecule has 4 nitrogen and oxygen atoms in total. The van der Waals surface area contributed by atoms with Gasteiger partial charge in [-0.1, -0.05) is 42.5 Å². The molecule has 0 fully saturated rings. The molecule has 0 spiro atoms. The summed E-state index contributed by atoms with van der Waals surface area (Å²) in [5.41, 5.74) is 1.81. The number of ether oxygens (including phenoxy) is 1. The van der Waals surface area contributed by atoms with Crippen LogP contribution in [-0.4, -0.2) is 13.0 Å². The van der Waals surface area contributed by atoms with Crippen molar-refractivity contribution in [2.24, 2.45) is 0 Å². The van der Waals surface area contributed by atoms with Crippen molar-refractivity contribution in [1.82, 2.24) is 5.32 Å². The smallest absolute Gasteiger partial charge is 0.227 e. The van der Waals surface area contributed by atoms with Crippen molar-refractivity contribution in [3.05, 3.63) is 78.1 Å². The van der Waals surface area contributed by atoms with E-state index in [0.717, 1.165) is 38.8 Å². The number of benzene rings is 3. The maximum atomic E-state index is 12.8. The number of hydrogen-bond acceptors (Lipinski definition) is 3. The Hall–Kier alpha value is -3.27. The van der Waals surface area contributed by atoms with Gasteiger partial charge < -0.3 is 14.5 Å². The van der Waals surface area contributed by atoms with Crippen LogP contribution in [0.3, 0.4) is 0 Å². The van der Waals surface area contributed by atoms with Crippen molar-refractivity contribution in [3.63, 3.8) is 0 Å². The Bertz CT molecular complexity index is 1110. The quantitative estimate of drug-likeness (QED) is 0.497. The number of carbonyl (C=O) groups is 1. The van der Waals surface area contributed by atoms with E-state index in [4.69, 9.17) is 9.15 Å². The number of para-hydroxylation sites is 1. The number of amides is 1. The molecule has 0 saturated heterocycles. The number of rotatable bonds is 5. The average Bonchev–Trinajstić information content (AvgIpc) is 3.16. The van der Waals surface area contributed by atoms with E-state index in [1.165, 1.54) is 0 Å². The molecular formula is C24H23NO3. The highest BCUT2D eigenvalue weighted by Gasteiger charge is 2.20. The van der Waals surface area contributed by atoms with Gasteiger partial charge in [-0.15, -0.1) is 0 Å². The van der Waals surface area contributed by atoms with Crippen LogP contribution in [0.2, 0.25) is 0 Å². The van der Waals surface area contributed by atoms with Crippen molar-refractivity contribution in [2.75, 3.05) is 7.11 Å². The van der Waals surface area contributed by atoms with Gasteiger partial charge in [0, 0.05) is 5.39 Å². The third-order valence-electron chi connectivity index (χ3n) is 5.19. The second-order valence-electron chi connectivity index (χ2n) is 7.11. The first-order chi connectivity index (χ1) is 13.5. The van der Waals surface area contributed by atoms with E-state index in [0.29, 0.717) is 0 Å². The van der Waals surface area contributed by atoms with Crippen LogP contribution in [0.25, 0.3) is 21.7 Å². The first-order valence-corrected chi connectivity index (χ1v) is 9.41. The second kappa shape index (κ2) is 7.39. The maximum absolute atomic E-state index is 12.8. The molecule has 1 N–H and O–H groups in total. The molecule has 0 bridgehead atoms. The lowest BCUT2D eigenvalue weighted by molar-refractivity contribution is -0.123. The monoisotopic (exact) mass is 373 g/mol. The van der Waals surface area contributed by atoms with E-state index >= 15 is 0 Å². The Kier molecular flexibility index (Phi) is 4.78. The van der Waals surface area contributed by atoms with Crippen LogP contribution in [0.1, 0.15) is 37.1 Å². The van der Waals surface area contributed by atoms with E-state index in [2.05, 4.69) is 11.4 Å². The molecule has 0 aliphatic heterocycles. The summed E-state index contributed by atoms with van der Waals surface area (Å²) < 4.78 is 11.1. The molecule has 4 aromatic rings. The largest absolute Gasteiger partial charge is 0.497 e. The van der Waals surface area contributed by atoms with Crippen LogP contribution >= 0.6 is 0 Å². The minimum atomic E-state index is -0.265. The van der Waals surface area contributed by atoms with Crippen molar-refractivity contribution in [2.45, 2.75) is 25.8 Å². The van der Waals surface area contributed by atoms with Gasteiger partial charge in [0.15, 0.2) is 0 Å². The summed E-state index contributed by atoms with van der Waals surface area (Å²) in [5.74, 6) is 1.29. The highest BCUT2D eigenvalue weighted by molar-refractivity contribution is 5.88. The molecule has 1 aromatic heterocycles. The van der Waals surface area contributed by atoms with Gasteiger partial charge in [-0.05, 0) is 54.4 Å². The fourth-order valence-electron chi connectivity index (χ4n) is 3.42. The molecule has 3 aromatic carbocycles. The van der Waals surface area contributed by atoms with Gasteiger partial charge in [0.25, 0.3) is 0 Å². The molecule has 4 rings (SSSR count). The standard InChI is InChI=1S/C24H23NO3/c1-15(17-8-9-19-13-21(27-3)11-10-18(19)12-17)24(26)25-16(2)23-14-20-6-4-5-7-22(20)28-23/h4-16H,1-3H3,(H,25,26). The third kappa shape index (κ3) is 3.46. The number of methoxy groups -OCH3 is 1. The van der Waals surface area contributed by atoms with E-state index in [9.17, 15) is 4.79 Å². The number of nitrogens with one attached hydrogen (secondary N) is 1. The lowest BCUT2D eigenvalue weighted by Gasteiger charge is -2.17. The molecule has 2 atom stereocenters. The van der Waals surface area contributed by atoms with Gasteiger partial charge >= 0.3 is 0 Å². The average molecular weight is 373 g/mol. The van der Waals surface area contributed by atoms with Crippen molar-refractivity contribution >= 4 is 27.6 Å². The highest BCUT2D eigenvalue weighted by atomic mass is 16.5. The van der Waals surface area contributed by atoms with Gasteiger partial charge in [-0.2, -0.15) is 0 Å². The van der Waals surface area contributed by atoms with Crippen LogP contribution < -0.4 is 10.1 Å². The van der Waals surface area contributed by atoms with Crippen molar-refractivity contribution in [3.8, 4) is 5.75 Å². The highest BCUT2D eigenvalue weighted by Crippen LogP contribution is 2.27. The van der Waals surface area contributed by atoms with Crippen LogP contribution in [0.4, 0.5) is 0 Å². The van der Waals surface area contributed by atoms with Gasteiger partial charge in [0.05, 0.1) is 19.1 Å². The Balaban J connectivity index is 1.51. The summed E-state index contributed by atoms with van der Waals surface area (Å²) in [7, 11) is 1.66. The summed E-state index contributed by atoms with van der Waals surface area (Å²) in [6.45, 7) is 3.86. The summed E-state index contributed by atoms with van der Waals surface area (Å²) in [6, 6.07) is 21.7. The molecule has 0 radical (unpaired) electrons. The van der Waals surface area contributed by atoms with Crippen LogP contribution in [0, 0.1) is 0 Å². The topological polar surface area (TPSA) is 51.5 Å². The number of carbonyl (C=O) groups excluding carboxylic acids is 1. The van der Waals surface area contributed by atoms with Gasteiger partial charge in [0.2, 0.25) is 5.91 Å². The number of hydrogen-bond donors (Lipinski definition) is 1. The molecular weight excluding hydrogens is 350 g/mol. The van der Waals surface area contributed by atoms with Crippen LogP contribution in [-0.2, 0) is 4.79 Å². The van der Waals surface area contributed by atoms with E-state index in [-0.39, 0.29) is 17.9 Å². The minimum Gasteiger partial charge on any atom is -0.497 e. The summed E-state index contributed by atoms with van der Waals surface area (Å²) in [4.78, 5) is 12.8. The Labute approximate surface area is 164 Å². The zero-order valence-corrected chi connectivity index (χ0v) is 16.2. The SMILES string of the molecule is COc1ccc2cc(C(C)C(=O)NC(C)c3cc4ccccc4o3)ccc2c1. The lowest BCUT2D eigenvalue weighted by atomic mass is 9.96. The number of fused-ring (bicyclic) bond motifs is 2. The predicted octanol–water partition coefficient (Wildman–Crippen LogP) is 5.58. The van der Waals surface area contributed by atoms with Crippen LogP contribution in [0.15, 0.2) is 71.1 Å². The van der Waals surface area contributed by atoms with Crippen molar-refractivity contribution in [1.29, 1.82) is 0 Å². The first-order valence-electron chi connectivity index (χ1n) is 9.41. The van der Waals surface area contributed by atoms with E-state index < -0.39 is 0 Å².